The van der Waals surface area contributed by atoms with Crippen LogP contribution in [0.2, 0.25) is 0 Å². The van der Waals surface area contributed by atoms with Crippen LogP contribution in [0.15, 0.2) is 130 Å². The third kappa shape index (κ3) is 11.9. The average Bonchev–Trinajstić information content (AvgIpc) is 2.91. The minimum absolute atomic E-state index is 0.251. The zero-order valence-electron chi connectivity index (χ0n) is 27.7. The van der Waals surface area contributed by atoms with E-state index < -0.39 is 0 Å². The summed E-state index contributed by atoms with van der Waals surface area (Å²) >= 11 is 4.39. The summed E-state index contributed by atoms with van der Waals surface area (Å²) in [5.74, 6) is 0. The van der Waals surface area contributed by atoms with Crippen molar-refractivity contribution in [2.45, 2.75) is 94.9 Å². The first-order chi connectivity index (χ1) is 19.6. The summed E-state index contributed by atoms with van der Waals surface area (Å²) in [7, 11) is 0. The van der Waals surface area contributed by atoms with E-state index >= 15 is 0 Å². The van der Waals surface area contributed by atoms with E-state index in [-0.39, 0.29) is 10.8 Å². The van der Waals surface area contributed by atoms with E-state index in [0.717, 1.165) is 0 Å². The molecule has 0 aromatic heterocycles. The van der Waals surface area contributed by atoms with Crippen molar-refractivity contribution < 1.29 is 0 Å². The summed E-state index contributed by atoms with van der Waals surface area (Å²) in [6.45, 7) is 22.6. The monoisotopic (exact) mass is 792 g/mol. The molecule has 0 aromatic carbocycles. The van der Waals surface area contributed by atoms with E-state index in [9.17, 15) is 0 Å². The SMILES string of the molecule is CC1=C(/C=C/C(C)=C/C=C/C(C)=C/C=C/C=C(C)/C=C/C=C(C)/C=C/C2=C(C)C(=[Te])CCC2(C)C)C(C)(C)CCC1=[Te]. The van der Waals surface area contributed by atoms with Gasteiger partial charge in [0.25, 0.3) is 0 Å². The van der Waals surface area contributed by atoms with E-state index in [1.54, 1.807) is 0 Å². The molecule has 0 heterocycles. The van der Waals surface area contributed by atoms with Crippen LogP contribution >= 0.6 is 0 Å². The van der Waals surface area contributed by atoms with Crippen molar-refractivity contribution in [3.8, 4) is 0 Å². The van der Waals surface area contributed by atoms with E-state index in [1.807, 2.05) is 0 Å². The van der Waals surface area contributed by atoms with Gasteiger partial charge >= 0.3 is 286 Å². The summed E-state index contributed by atoms with van der Waals surface area (Å²) in [4.78, 5) is 0. The van der Waals surface area contributed by atoms with Crippen LogP contribution in [0.5, 0.6) is 0 Å². The topological polar surface area (TPSA) is 0 Å². The molecule has 0 aliphatic heterocycles. The van der Waals surface area contributed by atoms with E-state index in [2.05, 4.69) is 198 Å². The van der Waals surface area contributed by atoms with Gasteiger partial charge in [-0.15, -0.1) is 0 Å². The number of rotatable bonds is 10. The molecule has 42 heavy (non-hydrogen) atoms. The van der Waals surface area contributed by atoms with Gasteiger partial charge in [-0.25, -0.2) is 0 Å². The van der Waals surface area contributed by atoms with Crippen LogP contribution in [0.3, 0.4) is 0 Å². The maximum absolute atomic E-state index is 2.37. The Hall–Kier alpha value is -1.54. The first-order valence-electron chi connectivity index (χ1n) is 15.2. The van der Waals surface area contributed by atoms with Gasteiger partial charge in [0.15, 0.2) is 0 Å². The van der Waals surface area contributed by atoms with Crippen LogP contribution in [-0.2, 0) is 0 Å². The molecule has 2 aliphatic carbocycles. The number of hydrogen-bond acceptors (Lipinski definition) is 0. The van der Waals surface area contributed by atoms with Gasteiger partial charge < -0.3 is 0 Å². The van der Waals surface area contributed by atoms with E-state index in [1.165, 1.54) is 77.4 Å². The second kappa shape index (κ2) is 17.1. The first-order valence-corrected chi connectivity index (χ1v) is 17.5. The Morgan fingerprint density at radius 3 is 1.19 bits per heavy atom. The van der Waals surface area contributed by atoms with E-state index in [4.69, 9.17) is 0 Å². The van der Waals surface area contributed by atoms with E-state index in [0.29, 0.717) is 0 Å². The molecule has 0 amide bonds. The first kappa shape index (κ1) is 36.6. The molecule has 0 nitrogen and oxygen atoms in total. The van der Waals surface area contributed by atoms with Crippen molar-refractivity contribution >= 4 is 50.7 Å². The van der Waals surface area contributed by atoms with Crippen molar-refractivity contribution in [3.05, 3.63) is 130 Å². The van der Waals surface area contributed by atoms with Crippen LogP contribution in [0, 0.1) is 10.8 Å². The van der Waals surface area contributed by atoms with Crippen LogP contribution in [0.4, 0.5) is 0 Å². The Labute approximate surface area is 284 Å². The Balaban J connectivity index is 1.93. The van der Waals surface area contributed by atoms with Crippen molar-refractivity contribution in [2.75, 3.05) is 0 Å². The number of allylic oxidation sites excluding steroid dienone is 22. The number of hydrogen-bond donors (Lipinski definition) is 0. The standard InChI is InChI=1S/C40H52Te2/c1-29(17-13-19-31(3)21-23-35-33(5)37(41)25-27-39(35,7)8)15-11-12-16-30(2)18-14-20-32(4)22-24-36-34(6)38(42)26-28-40(36,9)10/h11-24H,25-28H2,1-10H3/b12-11+,17-13+,18-14+,23-21+,24-22+,29-15+,30-16+,31-19+,32-20+. The fourth-order valence-corrected chi connectivity index (χ4v) is 6.49. The zero-order chi connectivity index (χ0) is 31.5. The molecule has 0 spiro atoms. The molecular weight excluding hydrogens is 736 g/mol. The summed E-state index contributed by atoms with van der Waals surface area (Å²) in [6.07, 6.45) is 35.6. The van der Waals surface area contributed by atoms with Crippen molar-refractivity contribution in [3.63, 3.8) is 0 Å². The van der Waals surface area contributed by atoms with Gasteiger partial charge in [-0.05, 0) is 0 Å². The second-order valence-corrected chi connectivity index (χ2v) is 15.9. The fraction of sp³-hybridized carbons (Fsp3) is 0.400. The molecule has 2 heteroatoms. The second-order valence-electron chi connectivity index (χ2n) is 13.1. The molecule has 0 fully saturated rings. The molecule has 2 aliphatic rings. The van der Waals surface area contributed by atoms with Gasteiger partial charge in [0.05, 0.1) is 0 Å². The normalized spacial score (nSPS) is 21.6. The third-order valence-corrected chi connectivity index (χ3v) is 11.3. The van der Waals surface area contributed by atoms with Gasteiger partial charge in [-0.3, -0.25) is 0 Å². The Morgan fingerprint density at radius 2 is 0.833 bits per heavy atom. The molecule has 0 unspecified atom stereocenters. The van der Waals surface area contributed by atoms with Crippen molar-refractivity contribution in [1.82, 2.24) is 0 Å². The summed E-state index contributed by atoms with van der Waals surface area (Å²) < 4.78 is 3.08. The van der Waals surface area contributed by atoms with Gasteiger partial charge in [0, 0.05) is 0 Å². The summed E-state index contributed by atoms with van der Waals surface area (Å²) in [5.41, 5.74) is 11.4. The molecule has 0 radical (unpaired) electrons. The quantitative estimate of drug-likeness (QED) is 0.153. The maximum atomic E-state index is 2.37. The van der Waals surface area contributed by atoms with Gasteiger partial charge in [-0.2, -0.15) is 0 Å². The molecule has 2 rings (SSSR count). The predicted molar refractivity (Wildman–Crippen MR) is 194 cm³/mol. The predicted octanol–water partition coefficient (Wildman–Crippen LogP) is 10.5. The average molecular weight is 788 g/mol. The van der Waals surface area contributed by atoms with Crippen LogP contribution < -0.4 is 0 Å². The zero-order valence-corrected chi connectivity index (χ0v) is 32.4. The molecule has 0 aromatic rings. The Bertz CT molecular complexity index is 1270. The van der Waals surface area contributed by atoms with Crippen molar-refractivity contribution in [1.29, 1.82) is 0 Å². The van der Waals surface area contributed by atoms with Crippen LogP contribution in [0.25, 0.3) is 0 Å². The molecule has 0 bridgehead atoms. The van der Waals surface area contributed by atoms with Crippen LogP contribution in [-0.4, -0.2) is 50.7 Å². The molecule has 0 N–H and O–H groups in total. The molecule has 0 saturated carbocycles. The minimum atomic E-state index is 0.251. The van der Waals surface area contributed by atoms with Gasteiger partial charge in [-0.1, -0.05) is 0 Å². The van der Waals surface area contributed by atoms with Crippen LogP contribution in [0.1, 0.15) is 94.9 Å². The summed E-state index contributed by atoms with van der Waals surface area (Å²) in [5, 5.41) is 0. The molecule has 0 atom stereocenters. The van der Waals surface area contributed by atoms with Crippen molar-refractivity contribution in [2.24, 2.45) is 10.8 Å². The van der Waals surface area contributed by atoms with Gasteiger partial charge in [0.2, 0.25) is 0 Å². The third-order valence-electron chi connectivity index (χ3n) is 8.35. The molecular formula is C40H52Te2. The molecule has 0 saturated heterocycles. The molecule has 224 valence electrons. The summed E-state index contributed by atoms with van der Waals surface area (Å²) in [6, 6.07) is 0. The Kier molecular flexibility index (Phi) is 14.9. The van der Waals surface area contributed by atoms with Gasteiger partial charge in [0.1, 0.15) is 0 Å². The fourth-order valence-electron chi connectivity index (χ4n) is 5.28. The Morgan fingerprint density at radius 1 is 0.524 bits per heavy atom.